The zero-order valence-electron chi connectivity index (χ0n) is 13.5. The van der Waals surface area contributed by atoms with Crippen molar-refractivity contribution in [2.45, 2.75) is 22.6 Å². The Hall–Kier alpha value is -1.89. The lowest BCUT2D eigenvalue weighted by atomic mass is 9.95. The maximum Gasteiger partial charge on any atom is 0.183 e. The number of thiophene rings is 1. The van der Waals surface area contributed by atoms with E-state index in [1.54, 1.807) is 23.7 Å². The summed E-state index contributed by atoms with van der Waals surface area (Å²) in [5.41, 5.74) is 3.23. The van der Waals surface area contributed by atoms with Crippen LogP contribution in [0.4, 0.5) is 0 Å². The predicted octanol–water partition coefficient (Wildman–Crippen LogP) is 3.76. The quantitative estimate of drug-likeness (QED) is 0.703. The van der Waals surface area contributed by atoms with Crippen molar-refractivity contribution >= 4 is 21.2 Å². The van der Waals surface area contributed by atoms with Gasteiger partial charge >= 0.3 is 0 Å². The Morgan fingerprint density at radius 2 is 2.08 bits per heavy atom. The van der Waals surface area contributed by atoms with Crippen molar-refractivity contribution in [2.75, 3.05) is 13.1 Å². The van der Waals surface area contributed by atoms with Gasteiger partial charge in [-0.25, -0.2) is 8.42 Å². The summed E-state index contributed by atoms with van der Waals surface area (Å²) in [7, 11) is -3.25. The van der Waals surface area contributed by atoms with E-state index in [1.165, 1.54) is 0 Å². The number of hydrogen-bond donors (Lipinski definition) is 0. The second-order valence-corrected chi connectivity index (χ2v) is 9.64. The number of fused-ring (bicyclic) bond motifs is 3. The fourth-order valence-corrected chi connectivity index (χ4v) is 6.95. The summed E-state index contributed by atoms with van der Waals surface area (Å²) < 4.78 is 31.3. The Morgan fingerprint density at radius 1 is 1.16 bits per heavy atom. The number of rotatable bonds is 3. The minimum Gasteiger partial charge on any atom is -0.468 e. The van der Waals surface area contributed by atoms with E-state index < -0.39 is 9.84 Å². The molecule has 4 nitrogen and oxygen atoms in total. The Labute approximate surface area is 150 Å². The lowest BCUT2D eigenvalue weighted by Gasteiger charge is -2.16. The van der Waals surface area contributed by atoms with Gasteiger partial charge < -0.3 is 4.42 Å². The van der Waals surface area contributed by atoms with Crippen molar-refractivity contribution in [3.8, 4) is 11.1 Å². The first kappa shape index (κ1) is 15.4. The van der Waals surface area contributed by atoms with E-state index in [0.29, 0.717) is 18.0 Å². The van der Waals surface area contributed by atoms with Gasteiger partial charge in [-0.3, -0.25) is 4.90 Å². The van der Waals surface area contributed by atoms with Gasteiger partial charge in [-0.2, -0.15) is 11.3 Å². The highest BCUT2D eigenvalue weighted by Gasteiger charge is 2.50. The van der Waals surface area contributed by atoms with Crippen LogP contribution in [0.2, 0.25) is 0 Å². The van der Waals surface area contributed by atoms with Gasteiger partial charge in [-0.15, -0.1) is 0 Å². The average Bonchev–Trinajstić information content (AvgIpc) is 3.37. The van der Waals surface area contributed by atoms with E-state index in [1.807, 2.05) is 23.6 Å². The summed E-state index contributed by atoms with van der Waals surface area (Å²) in [4.78, 5) is 2.71. The van der Waals surface area contributed by atoms with Crippen LogP contribution in [0.5, 0.6) is 0 Å². The molecule has 5 rings (SSSR count). The highest BCUT2D eigenvalue weighted by Crippen LogP contribution is 2.46. The summed E-state index contributed by atoms with van der Waals surface area (Å²) in [6.07, 6.45) is 1.66. The standard InChI is InChI=1S/C19H17NO3S2/c21-25(22)18-4-3-13(14-5-7-24-12-14)8-16(18)17-10-20(11-19(17)25)9-15-2-1-6-23-15/h1-8,12,17,19H,9-11H2. The molecule has 4 heterocycles. The normalized spacial score (nSPS) is 24.3. The molecule has 1 aromatic carbocycles. The molecule has 0 amide bonds. The average molecular weight is 371 g/mol. The van der Waals surface area contributed by atoms with Gasteiger partial charge in [-0.1, -0.05) is 6.07 Å². The molecule has 2 aliphatic heterocycles. The second kappa shape index (κ2) is 5.56. The van der Waals surface area contributed by atoms with E-state index in [9.17, 15) is 8.42 Å². The van der Waals surface area contributed by atoms with E-state index in [4.69, 9.17) is 4.42 Å². The highest BCUT2D eigenvalue weighted by atomic mass is 32.2. The van der Waals surface area contributed by atoms with Crippen LogP contribution in [0.25, 0.3) is 11.1 Å². The molecule has 0 aliphatic carbocycles. The van der Waals surface area contributed by atoms with Gasteiger partial charge in [0.05, 0.1) is 23.0 Å². The van der Waals surface area contributed by atoms with Crippen molar-refractivity contribution in [3.05, 3.63) is 64.7 Å². The molecule has 25 heavy (non-hydrogen) atoms. The van der Waals surface area contributed by atoms with Crippen molar-refractivity contribution in [2.24, 2.45) is 0 Å². The van der Waals surface area contributed by atoms with Gasteiger partial charge in [0, 0.05) is 19.0 Å². The molecule has 2 unspecified atom stereocenters. The molecule has 3 aromatic rings. The molecule has 1 saturated heterocycles. The van der Waals surface area contributed by atoms with Gasteiger partial charge in [0.1, 0.15) is 5.76 Å². The fourth-order valence-electron chi connectivity index (χ4n) is 4.09. The van der Waals surface area contributed by atoms with E-state index >= 15 is 0 Å². The van der Waals surface area contributed by atoms with Crippen LogP contribution in [0.3, 0.4) is 0 Å². The van der Waals surface area contributed by atoms with Crippen molar-refractivity contribution in [1.29, 1.82) is 0 Å². The molecule has 2 aliphatic rings. The molecule has 2 atom stereocenters. The zero-order chi connectivity index (χ0) is 17.0. The van der Waals surface area contributed by atoms with Gasteiger partial charge in [0.2, 0.25) is 0 Å². The van der Waals surface area contributed by atoms with Crippen LogP contribution in [-0.4, -0.2) is 31.7 Å². The molecule has 0 saturated carbocycles. The highest BCUT2D eigenvalue weighted by molar-refractivity contribution is 7.92. The van der Waals surface area contributed by atoms with Gasteiger partial charge in [0.15, 0.2) is 9.84 Å². The molecule has 128 valence electrons. The number of hydrogen-bond acceptors (Lipinski definition) is 5. The third-order valence-corrected chi connectivity index (χ3v) is 8.21. The van der Waals surface area contributed by atoms with Crippen LogP contribution in [-0.2, 0) is 16.4 Å². The molecule has 0 N–H and O–H groups in total. The van der Waals surface area contributed by atoms with E-state index in [2.05, 4.69) is 22.4 Å². The minimum atomic E-state index is -3.25. The third kappa shape index (κ3) is 2.39. The number of furan rings is 1. The summed E-state index contributed by atoms with van der Waals surface area (Å²) in [6.45, 7) is 1.98. The maximum absolute atomic E-state index is 13.0. The summed E-state index contributed by atoms with van der Waals surface area (Å²) in [6, 6.07) is 11.7. The maximum atomic E-state index is 13.0. The van der Waals surface area contributed by atoms with Crippen LogP contribution < -0.4 is 0 Å². The van der Waals surface area contributed by atoms with Crippen LogP contribution in [0, 0.1) is 0 Å². The van der Waals surface area contributed by atoms with E-state index in [-0.39, 0.29) is 11.2 Å². The Balaban J connectivity index is 1.51. The number of nitrogens with zero attached hydrogens (tertiary/aromatic N) is 1. The van der Waals surface area contributed by atoms with E-state index in [0.717, 1.165) is 29.0 Å². The zero-order valence-corrected chi connectivity index (χ0v) is 15.1. The Kier molecular flexibility index (Phi) is 3.42. The molecule has 0 spiro atoms. The number of sulfone groups is 1. The second-order valence-electron chi connectivity index (χ2n) is 6.73. The predicted molar refractivity (Wildman–Crippen MR) is 97.5 cm³/mol. The lowest BCUT2D eigenvalue weighted by Crippen LogP contribution is -2.25. The Morgan fingerprint density at radius 3 is 2.84 bits per heavy atom. The topological polar surface area (TPSA) is 50.5 Å². The summed E-state index contributed by atoms with van der Waals surface area (Å²) >= 11 is 1.65. The summed E-state index contributed by atoms with van der Waals surface area (Å²) in [5, 5.41) is 3.80. The van der Waals surface area contributed by atoms with Crippen molar-refractivity contribution < 1.29 is 12.8 Å². The third-order valence-electron chi connectivity index (χ3n) is 5.27. The van der Waals surface area contributed by atoms with Crippen LogP contribution in [0.15, 0.2) is 62.7 Å². The van der Waals surface area contributed by atoms with Crippen molar-refractivity contribution in [3.63, 3.8) is 0 Å². The molecular formula is C19H17NO3S2. The van der Waals surface area contributed by atoms with Gasteiger partial charge in [-0.05, 0) is 57.8 Å². The monoisotopic (exact) mass is 371 g/mol. The smallest absolute Gasteiger partial charge is 0.183 e. The molecular weight excluding hydrogens is 354 g/mol. The largest absolute Gasteiger partial charge is 0.468 e. The molecule has 1 fully saturated rings. The van der Waals surface area contributed by atoms with Crippen molar-refractivity contribution in [1.82, 2.24) is 4.90 Å². The Bertz CT molecular complexity index is 1010. The molecule has 0 radical (unpaired) electrons. The SMILES string of the molecule is O=S1(=O)c2ccc(-c3ccsc3)cc2C2CN(Cc3ccco3)CC21. The first-order valence-corrected chi connectivity index (χ1v) is 10.8. The number of benzene rings is 1. The molecule has 6 heteroatoms. The number of likely N-dealkylation sites (tertiary alicyclic amines) is 1. The molecule has 2 aromatic heterocycles. The van der Waals surface area contributed by atoms with Crippen LogP contribution in [0.1, 0.15) is 17.2 Å². The molecule has 0 bridgehead atoms. The summed E-state index contributed by atoms with van der Waals surface area (Å²) in [5.74, 6) is 0.929. The van der Waals surface area contributed by atoms with Gasteiger partial charge in [0.25, 0.3) is 0 Å². The lowest BCUT2D eigenvalue weighted by molar-refractivity contribution is 0.293. The van der Waals surface area contributed by atoms with Crippen LogP contribution >= 0.6 is 11.3 Å². The first-order valence-electron chi connectivity index (χ1n) is 8.28. The minimum absolute atomic E-state index is 0.0496. The fraction of sp³-hybridized carbons (Fsp3) is 0.263. The first-order chi connectivity index (χ1) is 12.1.